The molecule has 6 nitrogen and oxygen atoms in total. The second-order valence-electron chi connectivity index (χ2n) is 5.69. The van der Waals surface area contributed by atoms with Crippen LogP contribution in [0.1, 0.15) is 30.4 Å². The molecule has 0 aliphatic rings. The van der Waals surface area contributed by atoms with Crippen LogP contribution in [0, 0.1) is 0 Å². The van der Waals surface area contributed by atoms with E-state index in [0.29, 0.717) is 11.3 Å². The second kappa shape index (κ2) is 12.1. The fourth-order valence-electron chi connectivity index (χ4n) is 2.22. The molecule has 0 radical (unpaired) electrons. The fraction of sp³-hybridized carbons (Fsp3) is 0.238. The van der Waals surface area contributed by atoms with E-state index in [9.17, 15) is 14.7 Å². The Morgan fingerprint density at radius 1 is 1.04 bits per heavy atom. The normalized spacial score (nSPS) is 10.1. The third-order valence-corrected chi connectivity index (χ3v) is 3.57. The van der Waals surface area contributed by atoms with E-state index >= 15 is 0 Å². The van der Waals surface area contributed by atoms with E-state index in [1.54, 1.807) is 12.1 Å². The van der Waals surface area contributed by atoms with Crippen molar-refractivity contribution in [1.29, 1.82) is 0 Å². The monoisotopic (exact) mass is 372 g/mol. The molecule has 0 aliphatic heterocycles. The zero-order chi connectivity index (χ0) is 20.1. The Hall–Kier alpha value is -3.28. The van der Waals surface area contributed by atoms with Gasteiger partial charge in [-0.25, -0.2) is 4.79 Å². The van der Waals surface area contributed by atoms with Gasteiger partial charge in [-0.2, -0.15) is 0 Å². The van der Waals surface area contributed by atoms with Gasteiger partial charge in [0.1, 0.15) is 0 Å². The van der Waals surface area contributed by atoms with Gasteiger partial charge in [0.2, 0.25) is 0 Å². The number of carbonyl (C=O) groups is 2. The number of hydrogen-bond donors (Lipinski definition) is 3. The highest BCUT2D eigenvalue weighted by molar-refractivity contribution is 5.85. The molecule has 0 amide bonds. The van der Waals surface area contributed by atoms with Crippen LogP contribution in [0.2, 0.25) is 0 Å². The van der Waals surface area contributed by atoms with Gasteiger partial charge in [-0.05, 0) is 48.6 Å². The van der Waals surface area contributed by atoms with Crippen molar-refractivity contribution in [2.24, 2.45) is 0 Å². The van der Waals surface area contributed by atoms with E-state index in [-0.39, 0.29) is 12.2 Å². The molecule has 0 spiro atoms. The molecule has 144 valence electrons. The van der Waals surface area contributed by atoms with E-state index in [4.69, 9.17) is 14.9 Å². The molecule has 0 atom stereocenters. The molecule has 0 aromatic heterocycles. The van der Waals surface area contributed by atoms with Crippen LogP contribution in [0.3, 0.4) is 0 Å². The molecule has 0 unspecified atom stereocenters. The Bertz CT molecular complexity index is 753. The predicted octanol–water partition coefficient (Wildman–Crippen LogP) is 3.98. The Labute approximate surface area is 158 Å². The van der Waals surface area contributed by atoms with Crippen LogP contribution < -0.4 is 4.74 Å². The number of unbranched alkanes of at least 4 members (excludes halogenated alkanes) is 1. The highest BCUT2D eigenvalue weighted by Gasteiger charge is 2.00. The van der Waals surface area contributed by atoms with Crippen molar-refractivity contribution in [3.8, 4) is 11.5 Å². The number of hydrogen-bond acceptors (Lipinski definition) is 4. The lowest BCUT2D eigenvalue weighted by Crippen LogP contribution is -1.94. The van der Waals surface area contributed by atoms with Crippen molar-refractivity contribution in [3.63, 3.8) is 0 Å². The number of aromatic hydroxyl groups is 1. The summed E-state index contributed by atoms with van der Waals surface area (Å²) < 4.78 is 4.86. The summed E-state index contributed by atoms with van der Waals surface area (Å²) in [5, 5.41) is 26.0. The van der Waals surface area contributed by atoms with Crippen LogP contribution >= 0.6 is 0 Å². The van der Waals surface area contributed by atoms with E-state index in [1.807, 2.05) is 18.2 Å². The van der Waals surface area contributed by atoms with Crippen molar-refractivity contribution in [2.45, 2.75) is 25.7 Å². The number of aryl methyl sites for hydroxylation is 1. The lowest BCUT2D eigenvalue weighted by Gasteiger charge is -2.03. The first-order valence-corrected chi connectivity index (χ1v) is 8.46. The highest BCUT2D eigenvalue weighted by Crippen LogP contribution is 2.26. The summed E-state index contributed by atoms with van der Waals surface area (Å²) in [7, 11) is 1.43. The van der Waals surface area contributed by atoms with Gasteiger partial charge in [-0.1, -0.05) is 36.4 Å². The third kappa shape index (κ3) is 9.69. The number of phenolic OH excluding ortho intramolecular Hbond substituents is 1. The first-order valence-electron chi connectivity index (χ1n) is 8.46. The third-order valence-electron chi connectivity index (χ3n) is 3.57. The average molecular weight is 372 g/mol. The summed E-state index contributed by atoms with van der Waals surface area (Å²) in [6, 6.07) is 14.7. The van der Waals surface area contributed by atoms with Gasteiger partial charge in [0.05, 0.1) is 7.11 Å². The van der Waals surface area contributed by atoms with Gasteiger partial charge in [0.25, 0.3) is 0 Å². The number of carboxylic acids is 2. The maximum Gasteiger partial charge on any atom is 0.328 e. The molecule has 0 aliphatic carbocycles. The van der Waals surface area contributed by atoms with Crippen molar-refractivity contribution < 1.29 is 29.6 Å². The van der Waals surface area contributed by atoms with Crippen LogP contribution in [0.25, 0.3) is 6.08 Å². The molecule has 6 heteroatoms. The Morgan fingerprint density at radius 2 is 1.74 bits per heavy atom. The summed E-state index contributed by atoms with van der Waals surface area (Å²) in [5.41, 5.74) is 1.94. The van der Waals surface area contributed by atoms with Gasteiger partial charge < -0.3 is 20.1 Å². The smallest absolute Gasteiger partial charge is 0.328 e. The highest BCUT2D eigenvalue weighted by atomic mass is 16.5. The minimum Gasteiger partial charge on any atom is -0.504 e. The number of benzene rings is 2. The SMILES string of the molecule is COc1cc(/C=C/C(=O)O)ccc1O.O=C(O)CCCCc1ccccc1. The summed E-state index contributed by atoms with van der Waals surface area (Å²) in [6.07, 6.45) is 5.43. The van der Waals surface area contributed by atoms with Crippen LogP contribution in [-0.2, 0) is 16.0 Å². The molecule has 0 bridgehead atoms. The van der Waals surface area contributed by atoms with Crippen molar-refractivity contribution in [2.75, 3.05) is 7.11 Å². The topological polar surface area (TPSA) is 104 Å². The fourth-order valence-corrected chi connectivity index (χ4v) is 2.22. The maximum absolute atomic E-state index is 10.2. The van der Waals surface area contributed by atoms with E-state index in [1.165, 1.54) is 24.8 Å². The molecule has 2 aromatic rings. The van der Waals surface area contributed by atoms with E-state index in [2.05, 4.69) is 12.1 Å². The molecule has 0 saturated carbocycles. The molecule has 0 fully saturated rings. The van der Waals surface area contributed by atoms with Gasteiger partial charge in [-0.3, -0.25) is 4.79 Å². The predicted molar refractivity (Wildman–Crippen MR) is 103 cm³/mol. The Kier molecular flexibility index (Phi) is 9.78. The van der Waals surface area contributed by atoms with Crippen LogP contribution in [0.15, 0.2) is 54.6 Å². The van der Waals surface area contributed by atoms with E-state index < -0.39 is 11.9 Å². The van der Waals surface area contributed by atoms with Crippen molar-refractivity contribution >= 4 is 18.0 Å². The van der Waals surface area contributed by atoms with Crippen molar-refractivity contribution in [3.05, 3.63) is 65.7 Å². The number of rotatable bonds is 8. The number of carboxylic acid groups (broad SMARTS) is 2. The van der Waals surface area contributed by atoms with Gasteiger partial charge >= 0.3 is 11.9 Å². The molecular formula is C21H24O6. The lowest BCUT2D eigenvalue weighted by atomic mass is 10.1. The number of ether oxygens (including phenoxy) is 1. The van der Waals surface area contributed by atoms with Crippen LogP contribution in [-0.4, -0.2) is 34.4 Å². The molecule has 3 N–H and O–H groups in total. The van der Waals surface area contributed by atoms with Gasteiger partial charge in [0.15, 0.2) is 11.5 Å². The van der Waals surface area contributed by atoms with Crippen LogP contribution in [0.4, 0.5) is 0 Å². The summed E-state index contributed by atoms with van der Waals surface area (Å²) in [4.78, 5) is 20.4. The quantitative estimate of drug-likeness (QED) is 0.478. The summed E-state index contributed by atoms with van der Waals surface area (Å²) >= 11 is 0. The minimum atomic E-state index is -1.02. The second-order valence-corrected chi connectivity index (χ2v) is 5.69. The zero-order valence-electron chi connectivity index (χ0n) is 15.2. The average Bonchev–Trinajstić information content (AvgIpc) is 2.66. The van der Waals surface area contributed by atoms with Gasteiger partial charge in [0, 0.05) is 12.5 Å². The molecule has 0 saturated heterocycles. The zero-order valence-corrected chi connectivity index (χ0v) is 15.2. The van der Waals surface area contributed by atoms with Crippen LogP contribution in [0.5, 0.6) is 11.5 Å². The molecular weight excluding hydrogens is 348 g/mol. The molecule has 2 aromatic carbocycles. The molecule has 0 heterocycles. The minimum absolute atomic E-state index is 0.0278. The number of aliphatic carboxylic acids is 2. The van der Waals surface area contributed by atoms with Crippen molar-refractivity contribution in [1.82, 2.24) is 0 Å². The Balaban J connectivity index is 0.000000271. The Morgan fingerprint density at radius 3 is 2.33 bits per heavy atom. The first kappa shape index (κ1) is 21.8. The lowest BCUT2D eigenvalue weighted by molar-refractivity contribution is -0.137. The molecule has 2 rings (SSSR count). The largest absolute Gasteiger partial charge is 0.504 e. The first-order chi connectivity index (χ1) is 12.9. The number of methoxy groups -OCH3 is 1. The summed E-state index contributed by atoms with van der Waals surface area (Å²) in [5.74, 6) is -1.37. The standard InChI is InChI=1S/C11H14O2.C10H10O4/c12-11(13)9-5-4-8-10-6-2-1-3-7-10;1-14-9-6-7(2-4-8(9)11)3-5-10(12)13/h1-3,6-7H,4-5,8-9H2,(H,12,13);2-6,11H,1H3,(H,12,13)/b;5-3+. The van der Waals surface area contributed by atoms with E-state index in [0.717, 1.165) is 25.3 Å². The maximum atomic E-state index is 10.2. The summed E-state index contributed by atoms with van der Waals surface area (Å²) in [6.45, 7) is 0. The molecule has 27 heavy (non-hydrogen) atoms. The number of phenols is 1. The van der Waals surface area contributed by atoms with Gasteiger partial charge in [-0.15, -0.1) is 0 Å².